The monoisotopic (exact) mass is 260 g/mol. The lowest BCUT2D eigenvalue weighted by Crippen LogP contribution is -2.32. The number of methoxy groups -OCH3 is 1. The highest BCUT2D eigenvalue weighted by Crippen LogP contribution is 2.17. The van der Waals surface area contributed by atoms with Crippen LogP contribution < -0.4 is 10.6 Å². The van der Waals surface area contributed by atoms with E-state index in [9.17, 15) is 4.79 Å². The smallest absolute Gasteiger partial charge is 0.239 e. The second-order valence-corrected chi connectivity index (χ2v) is 3.94. The number of ether oxygens (including phenoxy) is 1. The fourth-order valence-corrected chi connectivity index (χ4v) is 1.66. The van der Waals surface area contributed by atoms with Crippen LogP contribution in [0.3, 0.4) is 0 Å². The Bertz CT molecular complexity index is 554. The van der Waals surface area contributed by atoms with Crippen molar-refractivity contribution in [3.05, 3.63) is 30.6 Å². The van der Waals surface area contributed by atoms with E-state index in [4.69, 9.17) is 4.74 Å². The third-order valence-electron chi connectivity index (χ3n) is 2.59. The van der Waals surface area contributed by atoms with E-state index in [0.29, 0.717) is 19.0 Å². The number of nitrogens with zero attached hydrogens (tertiary/aromatic N) is 2. The predicted molar refractivity (Wildman–Crippen MR) is 72.9 cm³/mol. The molecule has 100 valence electrons. The zero-order valence-corrected chi connectivity index (χ0v) is 10.7. The van der Waals surface area contributed by atoms with Crippen LogP contribution in [-0.2, 0) is 9.53 Å². The molecule has 2 aromatic rings. The third kappa shape index (κ3) is 3.62. The maximum Gasteiger partial charge on any atom is 0.239 e. The Kier molecular flexibility index (Phi) is 4.63. The standard InChI is InChI=1S/C13H16N4O2/c1-19-7-6-14-12(18)8-15-13-10-4-2-3-5-11(10)16-9-17-13/h2-5,9H,6-8H2,1H3,(H,14,18)(H,15,16,17). The van der Waals surface area contributed by atoms with E-state index in [1.54, 1.807) is 7.11 Å². The first-order valence-electron chi connectivity index (χ1n) is 6.00. The van der Waals surface area contributed by atoms with Gasteiger partial charge in [0.05, 0.1) is 18.7 Å². The SMILES string of the molecule is COCCNC(=O)CNc1ncnc2ccccc12. The van der Waals surface area contributed by atoms with Gasteiger partial charge in [-0.3, -0.25) is 4.79 Å². The number of benzene rings is 1. The summed E-state index contributed by atoms with van der Waals surface area (Å²) in [6.45, 7) is 1.18. The first-order chi connectivity index (χ1) is 9.31. The molecule has 0 unspecified atom stereocenters. The van der Waals surface area contributed by atoms with E-state index < -0.39 is 0 Å². The van der Waals surface area contributed by atoms with Crippen LogP contribution in [0.15, 0.2) is 30.6 Å². The van der Waals surface area contributed by atoms with Crippen molar-refractivity contribution < 1.29 is 9.53 Å². The van der Waals surface area contributed by atoms with Gasteiger partial charge in [-0.1, -0.05) is 12.1 Å². The van der Waals surface area contributed by atoms with Gasteiger partial charge >= 0.3 is 0 Å². The van der Waals surface area contributed by atoms with Crippen molar-refractivity contribution in [1.82, 2.24) is 15.3 Å². The van der Waals surface area contributed by atoms with Crippen molar-refractivity contribution in [3.63, 3.8) is 0 Å². The van der Waals surface area contributed by atoms with Crippen LogP contribution in [0.4, 0.5) is 5.82 Å². The molecule has 6 nitrogen and oxygen atoms in total. The van der Waals surface area contributed by atoms with Crippen molar-refractivity contribution in [2.24, 2.45) is 0 Å². The lowest BCUT2D eigenvalue weighted by Gasteiger charge is -2.08. The molecule has 0 aliphatic carbocycles. The molecule has 0 atom stereocenters. The third-order valence-corrected chi connectivity index (χ3v) is 2.59. The minimum atomic E-state index is -0.0975. The van der Waals surface area contributed by atoms with Crippen molar-refractivity contribution in [2.75, 3.05) is 32.1 Å². The Morgan fingerprint density at radius 1 is 1.32 bits per heavy atom. The number of amides is 1. The number of carbonyl (C=O) groups excluding carboxylic acids is 1. The number of nitrogens with one attached hydrogen (secondary N) is 2. The van der Waals surface area contributed by atoms with Gasteiger partial charge in [0, 0.05) is 19.0 Å². The lowest BCUT2D eigenvalue weighted by molar-refractivity contribution is -0.119. The summed E-state index contributed by atoms with van der Waals surface area (Å²) in [5.74, 6) is 0.562. The molecule has 1 aromatic carbocycles. The van der Waals surface area contributed by atoms with Gasteiger partial charge in [-0.05, 0) is 12.1 Å². The first-order valence-corrected chi connectivity index (χ1v) is 6.00. The largest absolute Gasteiger partial charge is 0.383 e. The molecule has 0 aliphatic rings. The van der Waals surface area contributed by atoms with Crippen molar-refractivity contribution in [1.29, 1.82) is 0 Å². The molecule has 2 N–H and O–H groups in total. The minimum Gasteiger partial charge on any atom is -0.383 e. The molecule has 0 aliphatic heterocycles. The normalized spacial score (nSPS) is 10.4. The molecule has 0 spiro atoms. The topological polar surface area (TPSA) is 76.1 Å². The number of anilines is 1. The summed E-state index contributed by atoms with van der Waals surface area (Å²) in [6, 6.07) is 7.65. The maximum absolute atomic E-state index is 11.6. The quantitative estimate of drug-likeness (QED) is 0.751. The Morgan fingerprint density at radius 2 is 2.16 bits per heavy atom. The Hall–Kier alpha value is -2.21. The number of para-hydroxylation sites is 1. The fraction of sp³-hybridized carbons (Fsp3) is 0.308. The van der Waals surface area contributed by atoms with Gasteiger partial charge < -0.3 is 15.4 Å². The highest BCUT2D eigenvalue weighted by Gasteiger charge is 2.04. The molecular formula is C13H16N4O2. The van der Waals surface area contributed by atoms with E-state index in [0.717, 1.165) is 10.9 Å². The Balaban J connectivity index is 1.96. The molecule has 0 fully saturated rings. The van der Waals surface area contributed by atoms with Gasteiger partial charge in [-0.25, -0.2) is 9.97 Å². The number of aromatic nitrogens is 2. The molecule has 2 rings (SSSR count). The average molecular weight is 260 g/mol. The first kappa shape index (κ1) is 13.2. The summed E-state index contributed by atoms with van der Waals surface area (Å²) in [7, 11) is 1.59. The van der Waals surface area contributed by atoms with Crippen molar-refractivity contribution in [3.8, 4) is 0 Å². The van der Waals surface area contributed by atoms with Gasteiger partial charge in [-0.2, -0.15) is 0 Å². The summed E-state index contributed by atoms with van der Waals surface area (Å²) in [4.78, 5) is 19.9. The molecule has 19 heavy (non-hydrogen) atoms. The molecule has 0 bridgehead atoms. The van der Waals surface area contributed by atoms with Crippen molar-refractivity contribution >= 4 is 22.6 Å². The molecule has 1 aromatic heterocycles. The van der Waals surface area contributed by atoms with Gasteiger partial charge in [0.25, 0.3) is 0 Å². The highest BCUT2D eigenvalue weighted by molar-refractivity contribution is 5.90. The van der Waals surface area contributed by atoms with E-state index in [1.807, 2.05) is 24.3 Å². The van der Waals surface area contributed by atoms with Gasteiger partial charge in [-0.15, -0.1) is 0 Å². The second kappa shape index (κ2) is 6.65. The highest BCUT2D eigenvalue weighted by atomic mass is 16.5. The summed E-state index contributed by atoms with van der Waals surface area (Å²) in [5, 5.41) is 6.64. The maximum atomic E-state index is 11.6. The number of rotatable bonds is 6. The minimum absolute atomic E-state index is 0.0975. The summed E-state index contributed by atoms with van der Waals surface area (Å²) in [6.07, 6.45) is 1.48. The molecule has 1 heterocycles. The van der Waals surface area contributed by atoms with Gasteiger partial charge in [0.2, 0.25) is 5.91 Å². The Morgan fingerprint density at radius 3 is 3.00 bits per heavy atom. The van der Waals surface area contributed by atoms with E-state index in [1.165, 1.54) is 6.33 Å². The van der Waals surface area contributed by atoms with Crippen molar-refractivity contribution in [2.45, 2.75) is 0 Å². The number of carbonyl (C=O) groups is 1. The van der Waals surface area contributed by atoms with Crippen LogP contribution >= 0.6 is 0 Å². The summed E-state index contributed by atoms with van der Waals surface area (Å²) in [5.41, 5.74) is 0.847. The van der Waals surface area contributed by atoms with Crippen LogP contribution in [0, 0.1) is 0 Å². The molecule has 0 radical (unpaired) electrons. The van der Waals surface area contributed by atoms with Crippen LogP contribution in [-0.4, -0.2) is 42.7 Å². The predicted octanol–water partition coefficient (Wildman–Crippen LogP) is 0.804. The second-order valence-electron chi connectivity index (χ2n) is 3.94. The molecule has 0 saturated heterocycles. The Labute approximate surface area is 111 Å². The van der Waals surface area contributed by atoms with E-state index in [-0.39, 0.29) is 12.5 Å². The zero-order valence-electron chi connectivity index (χ0n) is 10.7. The lowest BCUT2D eigenvalue weighted by atomic mass is 10.2. The van der Waals surface area contributed by atoms with E-state index >= 15 is 0 Å². The summed E-state index contributed by atoms with van der Waals surface area (Å²) < 4.78 is 4.86. The van der Waals surface area contributed by atoms with Gasteiger partial charge in [0.1, 0.15) is 12.1 Å². The van der Waals surface area contributed by atoms with Gasteiger partial charge in [0.15, 0.2) is 0 Å². The van der Waals surface area contributed by atoms with Crippen LogP contribution in [0.1, 0.15) is 0 Å². The number of hydrogen-bond acceptors (Lipinski definition) is 5. The van der Waals surface area contributed by atoms with E-state index in [2.05, 4.69) is 20.6 Å². The number of fused-ring (bicyclic) bond motifs is 1. The van der Waals surface area contributed by atoms with Crippen LogP contribution in [0.2, 0.25) is 0 Å². The molecule has 1 amide bonds. The molecule has 0 saturated carbocycles. The van der Waals surface area contributed by atoms with Crippen LogP contribution in [0.25, 0.3) is 10.9 Å². The molecule has 6 heteroatoms. The van der Waals surface area contributed by atoms with Crippen LogP contribution in [0.5, 0.6) is 0 Å². The average Bonchev–Trinajstić information content (AvgIpc) is 2.45. The summed E-state index contributed by atoms with van der Waals surface area (Å²) >= 11 is 0. The zero-order chi connectivity index (χ0) is 13.5. The number of hydrogen-bond donors (Lipinski definition) is 2. The fourth-order valence-electron chi connectivity index (χ4n) is 1.66. The molecular weight excluding hydrogens is 244 g/mol.